The Morgan fingerprint density at radius 2 is 1.58 bits per heavy atom. The molecule has 0 spiro atoms. The molecule has 43 heavy (non-hydrogen) atoms. The van der Waals surface area contributed by atoms with E-state index in [2.05, 4.69) is 80.4 Å². The number of methoxy groups -OCH3 is 1. The fraction of sp³-hybridized carbons (Fsp3) is 0.794. The van der Waals surface area contributed by atoms with E-state index in [9.17, 15) is 14.4 Å². The summed E-state index contributed by atoms with van der Waals surface area (Å²) in [4.78, 5) is 38.8. The number of carbonyl (C=O) groups is 3. The summed E-state index contributed by atoms with van der Waals surface area (Å²) in [5.41, 5.74) is 0. The Kier molecular flexibility index (Phi) is 13.3. The largest absolute Gasteiger partial charge is 0.469 e. The summed E-state index contributed by atoms with van der Waals surface area (Å²) in [5.74, 6) is -1.98. The maximum atomic E-state index is 13.7. The van der Waals surface area contributed by atoms with Crippen LogP contribution in [0, 0.1) is 17.8 Å². The zero-order valence-electron chi connectivity index (χ0n) is 28.9. The zero-order valence-corrected chi connectivity index (χ0v) is 30.9. The molecule has 2 aliphatic carbocycles. The molecule has 2 aliphatic rings. The lowest BCUT2D eigenvalue weighted by Crippen LogP contribution is -2.46. The molecular weight excluding hydrogens is 577 g/mol. The molecule has 5 atom stereocenters. The molecule has 246 valence electrons. The average molecular weight is 637 g/mol. The van der Waals surface area contributed by atoms with Gasteiger partial charge in [-0.25, -0.2) is 0 Å². The second kappa shape index (κ2) is 15.2. The minimum Gasteiger partial charge on any atom is -0.469 e. The van der Waals surface area contributed by atoms with E-state index in [4.69, 9.17) is 18.3 Å². The Morgan fingerprint density at radius 1 is 1.00 bits per heavy atom. The number of Topliss-reactive ketones (excluding diaryl/α,β-unsaturated/α-hetero) is 1. The monoisotopic (exact) mass is 636 g/mol. The first kappa shape index (κ1) is 37.6. The lowest BCUT2D eigenvalue weighted by atomic mass is 9.91. The van der Waals surface area contributed by atoms with Crippen LogP contribution in [0.15, 0.2) is 24.8 Å². The summed E-state index contributed by atoms with van der Waals surface area (Å²) in [6.07, 6.45) is 10.7. The molecule has 0 saturated heterocycles. The van der Waals surface area contributed by atoms with E-state index in [0.717, 1.165) is 12.8 Å². The minimum atomic E-state index is -2.24. The first-order chi connectivity index (χ1) is 19.7. The van der Waals surface area contributed by atoms with Crippen LogP contribution in [0.25, 0.3) is 0 Å². The van der Waals surface area contributed by atoms with E-state index in [-0.39, 0.29) is 40.8 Å². The van der Waals surface area contributed by atoms with Crippen LogP contribution in [0.1, 0.15) is 92.9 Å². The van der Waals surface area contributed by atoms with Gasteiger partial charge < -0.3 is 18.3 Å². The quantitative estimate of drug-likeness (QED) is 0.0823. The highest BCUT2D eigenvalue weighted by atomic mass is 28.4. The van der Waals surface area contributed by atoms with E-state index in [0.29, 0.717) is 18.8 Å². The molecule has 0 aliphatic heterocycles. The number of hydrogen-bond acceptors (Lipinski definition) is 7. The summed E-state index contributed by atoms with van der Waals surface area (Å²) < 4.78 is 24.4. The fourth-order valence-corrected chi connectivity index (χ4v) is 8.08. The van der Waals surface area contributed by atoms with Crippen LogP contribution in [0.2, 0.25) is 36.3 Å². The number of esters is 2. The van der Waals surface area contributed by atoms with Gasteiger partial charge in [-0.3, -0.25) is 14.4 Å². The smallest absolute Gasteiger partial charge is 0.317 e. The van der Waals surface area contributed by atoms with Crippen LogP contribution in [-0.2, 0) is 32.7 Å². The Labute approximate surface area is 263 Å². The highest BCUT2D eigenvalue weighted by Crippen LogP contribution is 2.44. The molecule has 0 aromatic heterocycles. The third kappa shape index (κ3) is 10.2. The first-order valence-electron chi connectivity index (χ1n) is 16.2. The topological polar surface area (TPSA) is 88.1 Å². The predicted octanol–water partition coefficient (Wildman–Crippen LogP) is 8.16. The maximum Gasteiger partial charge on any atom is 0.317 e. The van der Waals surface area contributed by atoms with E-state index in [1.54, 1.807) is 6.08 Å². The molecule has 9 heteroatoms. The standard InChI is InChI=1S/C34H60O7Si2/c1-13-25(19-16-20-30(36)38-8)39-32(37)31-26(29(23-27(31)35)41-43(11,12)34(5,6)7)21-22-28(24-17-14-15-18-24)40-42(9,10)33(2,3)4/h13,21-22,24-26,28-29,31H,1,14-20,23H2,2-12H3/b22-21+/t25?,26-,28+,29+,31+/m0/s1. The van der Waals surface area contributed by atoms with E-state index in [1.165, 1.54) is 20.0 Å². The summed E-state index contributed by atoms with van der Waals surface area (Å²) in [7, 11) is -2.97. The molecule has 0 N–H and O–H groups in total. The molecule has 0 aromatic rings. The molecule has 0 radical (unpaired) electrons. The van der Waals surface area contributed by atoms with Crippen molar-refractivity contribution in [2.75, 3.05) is 7.11 Å². The van der Waals surface area contributed by atoms with Gasteiger partial charge in [0.05, 0.1) is 19.3 Å². The number of carbonyl (C=O) groups excluding carboxylic acids is 3. The van der Waals surface area contributed by atoms with Gasteiger partial charge >= 0.3 is 11.9 Å². The van der Waals surface area contributed by atoms with Crippen molar-refractivity contribution in [2.24, 2.45) is 17.8 Å². The van der Waals surface area contributed by atoms with Gasteiger partial charge in [-0.1, -0.05) is 79.2 Å². The molecule has 2 saturated carbocycles. The molecule has 7 nitrogen and oxygen atoms in total. The first-order valence-corrected chi connectivity index (χ1v) is 22.0. The van der Waals surface area contributed by atoms with Gasteiger partial charge in [0, 0.05) is 18.8 Å². The van der Waals surface area contributed by atoms with Crippen molar-refractivity contribution in [3.8, 4) is 0 Å². The average Bonchev–Trinajstić information content (AvgIpc) is 3.52. The van der Waals surface area contributed by atoms with Crippen molar-refractivity contribution in [2.45, 2.75) is 147 Å². The molecule has 1 unspecified atom stereocenters. The normalized spacial score (nSPS) is 23.9. The van der Waals surface area contributed by atoms with Crippen LogP contribution < -0.4 is 0 Å². The Balaban J connectivity index is 2.40. The third-order valence-corrected chi connectivity index (χ3v) is 19.3. The Hall–Kier alpha value is -1.56. The highest BCUT2D eigenvalue weighted by molar-refractivity contribution is 6.74. The lowest BCUT2D eigenvalue weighted by Gasteiger charge is -2.41. The van der Waals surface area contributed by atoms with Crippen molar-refractivity contribution in [3.05, 3.63) is 24.8 Å². The van der Waals surface area contributed by atoms with Crippen LogP contribution >= 0.6 is 0 Å². The van der Waals surface area contributed by atoms with Crippen LogP contribution in [0.4, 0.5) is 0 Å². The fourth-order valence-electron chi connectivity index (χ4n) is 5.42. The number of ketones is 1. The lowest BCUT2D eigenvalue weighted by molar-refractivity contribution is -0.155. The van der Waals surface area contributed by atoms with Gasteiger partial charge in [0.2, 0.25) is 0 Å². The molecular formula is C34H60O7Si2. The van der Waals surface area contributed by atoms with Crippen LogP contribution in [0.3, 0.4) is 0 Å². The Morgan fingerprint density at radius 3 is 2.09 bits per heavy atom. The van der Waals surface area contributed by atoms with Gasteiger partial charge in [-0.2, -0.15) is 0 Å². The molecule has 0 amide bonds. The maximum absolute atomic E-state index is 13.7. The van der Waals surface area contributed by atoms with E-state index < -0.39 is 46.6 Å². The number of rotatable bonds is 14. The summed E-state index contributed by atoms with van der Waals surface area (Å²) in [6, 6.07) is 0. The van der Waals surface area contributed by atoms with Gasteiger partial charge in [-0.05, 0) is 67.9 Å². The molecule has 2 rings (SSSR count). The van der Waals surface area contributed by atoms with Crippen molar-refractivity contribution in [1.82, 2.24) is 0 Å². The molecule has 0 bridgehead atoms. The third-order valence-electron chi connectivity index (χ3n) is 10.3. The van der Waals surface area contributed by atoms with Crippen molar-refractivity contribution < 1.29 is 32.7 Å². The minimum absolute atomic E-state index is 0.0473. The second-order valence-corrected chi connectivity index (χ2v) is 25.1. The Bertz CT molecular complexity index is 999. The van der Waals surface area contributed by atoms with Gasteiger partial charge in [-0.15, -0.1) is 0 Å². The number of ether oxygens (including phenoxy) is 2. The number of hydrogen-bond donors (Lipinski definition) is 0. The summed E-state index contributed by atoms with van der Waals surface area (Å²) in [6.45, 7) is 26.0. The molecule has 0 aromatic carbocycles. The summed E-state index contributed by atoms with van der Waals surface area (Å²) >= 11 is 0. The van der Waals surface area contributed by atoms with E-state index >= 15 is 0 Å². The van der Waals surface area contributed by atoms with Crippen molar-refractivity contribution in [1.29, 1.82) is 0 Å². The SMILES string of the molecule is C=CC(CCCC(=O)OC)OC(=O)[C@H]1C(=O)C[C@@H](O[Si](C)(C)C(C)(C)C)[C@@H]1/C=C/[C@@H](O[Si](C)(C)C(C)(C)C)C1CCCC1. The molecule has 2 fully saturated rings. The van der Waals surface area contributed by atoms with Crippen molar-refractivity contribution in [3.63, 3.8) is 0 Å². The van der Waals surface area contributed by atoms with E-state index in [1.807, 2.05) is 6.08 Å². The second-order valence-electron chi connectivity index (χ2n) is 15.6. The summed E-state index contributed by atoms with van der Waals surface area (Å²) in [5, 5.41) is 0.0171. The molecule has 0 heterocycles. The van der Waals surface area contributed by atoms with Crippen LogP contribution in [-0.4, -0.2) is 59.8 Å². The highest BCUT2D eigenvalue weighted by Gasteiger charge is 2.51. The van der Waals surface area contributed by atoms with Gasteiger partial charge in [0.15, 0.2) is 16.6 Å². The zero-order chi connectivity index (χ0) is 32.8. The van der Waals surface area contributed by atoms with Crippen LogP contribution in [0.5, 0.6) is 0 Å². The predicted molar refractivity (Wildman–Crippen MR) is 178 cm³/mol. The van der Waals surface area contributed by atoms with Gasteiger partial charge in [0.1, 0.15) is 17.8 Å². The van der Waals surface area contributed by atoms with Gasteiger partial charge in [0.25, 0.3) is 0 Å². The van der Waals surface area contributed by atoms with Crippen molar-refractivity contribution >= 4 is 34.4 Å².